The van der Waals surface area contributed by atoms with E-state index in [1.54, 1.807) is 0 Å². The van der Waals surface area contributed by atoms with Crippen molar-refractivity contribution in [3.05, 3.63) is 0 Å². The molecule has 0 aliphatic heterocycles. The van der Waals surface area contributed by atoms with Gasteiger partial charge in [-0.1, -0.05) is 13.3 Å². The number of nitrogens with zero attached hydrogens (tertiary/aromatic N) is 1. The Morgan fingerprint density at radius 2 is 1.53 bits per heavy atom. The molecule has 0 rings (SSSR count). The van der Waals surface area contributed by atoms with Gasteiger partial charge in [0.2, 0.25) is 0 Å². The highest BCUT2D eigenvalue weighted by molar-refractivity contribution is 4.64. The van der Waals surface area contributed by atoms with Crippen LogP contribution in [-0.4, -0.2) is 63.5 Å². The molecule has 0 spiro atoms. The fraction of sp³-hybridized carbons (Fsp3) is 1.00. The predicted octanol–water partition coefficient (Wildman–Crippen LogP) is 2.14. The van der Waals surface area contributed by atoms with Gasteiger partial charge >= 0.3 is 0 Å². The SMILES string of the molecule is CCCC(C)NCCN(CCOCC)CCOCC. The summed E-state index contributed by atoms with van der Waals surface area (Å²) >= 11 is 0. The summed E-state index contributed by atoms with van der Waals surface area (Å²) in [7, 11) is 0. The third-order valence-electron chi connectivity index (χ3n) is 3.15. The zero-order chi connectivity index (χ0) is 14.3. The minimum absolute atomic E-state index is 0.616. The van der Waals surface area contributed by atoms with E-state index in [1.807, 2.05) is 13.8 Å². The number of hydrogen-bond donors (Lipinski definition) is 1. The van der Waals surface area contributed by atoms with Gasteiger partial charge in [-0.2, -0.15) is 0 Å². The summed E-state index contributed by atoms with van der Waals surface area (Å²) in [5, 5.41) is 3.57. The molecule has 0 aliphatic carbocycles. The summed E-state index contributed by atoms with van der Waals surface area (Å²) in [6.45, 7) is 15.9. The van der Waals surface area contributed by atoms with Crippen molar-refractivity contribution in [2.45, 2.75) is 46.6 Å². The van der Waals surface area contributed by atoms with Gasteiger partial charge in [-0.15, -0.1) is 0 Å². The van der Waals surface area contributed by atoms with Gasteiger partial charge in [0.05, 0.1) is 13.2 Å². The standard InChI is InChI=1S/C15H34N2O2/c1-5-8-15(4)16-9-10-17(11-13-18-6-2)12-14-19-7-3/h15-16H,5-14H2,1-4H3. The highest BCUT2D eigenvalue weighted by Crippen LogP contribution is 1.95. The van der Waals surface area contributed by atoms with E-state index in [2.05, 4.69) is 24.1 Å². The zero-order valence-corrected chi connectivity index (χ0v) is 13.4. The molecule has 0 saturated heterocycles. The third-order valence-corrected chi connectivity index (χ3v) is 3.15. The summed E-state index contributed by atoms with van der Waals surface area (Å²) < 4.78 is 10.9. The third kappa shape index (κ3) is 12.6. The Morgan fingerprint density at radius 3 is 2.00 bits per heavy atom. The quantitative estimate of drug-likeness (QED) is 0.492. The number of ether oxygens (including phenoxy) is 2. The lowest BCUT2D eigenvalue weighted by molar-refractivity contribution is 0.0829. The molecule has 0 aromatic rings. The molecule has 0 bridgehead atoms. The molecule has 19 heavy (non-hydrogen) atoms. The second-order valence-corrected chi connectivity index (χ2v) is 4.88. The van der Waals surface area contributed by atoms with Crippen molar-refractivity contribution < 1.29 is 9.47 Å². The average molecular weight is 274 g/mol. The molecular weight excluding hydrogens is 240 g/mol. The smallest absolute Gasteiger partial charge is 0.0593 e. The monoisotopic (exact) mass is 274 g/mol. The molecule has 0 aromatic carbocycles. The van der Waals surface area contributed by atoms with Crippen molar-refractivity contribution in [1.29, 1.82) is 0 Å². The van der Waals surface area contributed by atoms with E-state index < -0.39 is 0 Å². The van der Waals surface area contributed by atoms with E-state index >= 15 is 0 Å². The molecule has 0 fully saturated rings. The Hall–Kier alpha value is -0.160. The second kappa shape index (κ2) is 14.3. The van der Waals surface area contributed by atoms with Gasteiger partial charge in [0.1, 0.15) is 0 Å². The Bertz CT molecular complexity index is 170. The average Bonchev–Trinajstić information content (AvgIpc) is 2.39. The molecule has 1 unspecified atom stereocenters. The Kier molecular flexibility index (Phi) is 14.1. The van der Waals surface area contributed by atoms with E-state index in [0.29, 0.717) is 6.04 Å². The molecule has 4 heteroatoms. The molecular formula is C15H34N2O2. The van der Waals surface area contributed by atoms with Crippen LogP contribution in [-0.2, 0) is 9.47 Å². The maximum Gasteiger partial charge on any atom is 0.0593 e. The van der Waals surface area contributed by atoms with Gasteiger partial charge in [-0.25, -0.2) is 0 Å². The first-order valence-electron chi connectivity index (χ1n) is 7.85. The number of hydrogen-bond acceptors (Lipinski definition) is 4. The highest BCUT2D eigenvalue weighted by atomic mass is 16.5. The largest absolute Gasteiger partial charge is 0.380 e. The van der Waals surface area contributed by atoms with Crippen LogP contribution in [0.25, 0.3) is 0 Å². The van der Waals surface area contributed by atoms with E-state index in [-0.39, 0.29) is 0 Å². The Labute approximate surface area is 119 Å². The van der Waals surface area contributed by atoms with Gasteiger partial charge in [-0.3, -0.25) is 4.90 Å². The summed E-state index contributed by atoms with van der Waals surface area (Å²) in [4.78, 5) is 2.41. The first kappa shape index (κ1) is 18.8. The van der Waals surface area contributed by atoms with Gasteiger partial charge in [0.15, 0.2) is 0 Å². The van der Waals surface area contributed by atoms with Crippen LogP contribution in [0.1, 0.15) is 40.5 Å². The Morgan fingerprint density at radius 1 is 0.947 bits per heavy atom. The normalized spacial score (nSPS) is 13.1. The summed E-state index contributed by atoms with van der Waals surface area (Å²) in [6, 6.07) is 0.616. The van der Waals surface area contributed by atoms with Crippen molar-refractivity contribution in [2.75, 3.05) is 52.6 Å². The molecule has 116 valence electrons. The maximum absolute atomic E-state index is 5.43. The number of nitrogens with one attached hydrogen (secondary N) is 1. The van der Waals surface area contributed by atoms with Crippen LogP contribution in [0.3, 0.4) is 0 Å². The predicted molar refractivity (Wildman–Crippen MR) is 81.8 cm³/mol. The fourth-order valence-electron chi connectivity index (χ4n) is 2.02. The van der Waals surface area contributed by atoms with Gasteiger partial charge in [0.25, 0.3) is 0 Å². The van der Waals surface area contributed by atoms with Crippen LogP contribution in [0.15, 0.2) is 0 Å². The molecule has 0 aromatic heterocycles. The van der Waals surface area contributed by atoms with Gasteiger partial charge < -0.3 is 14.8 Å². The topological polar surface area (TPSA) is 33.7 Å². The van der Waals surface area contributed by atoms with Crippen molar-refractivity contribution in [1.82, 2.24) is 10.2 Å². The van der Waals surface area contributed by atoms with Crippen LogP contribution in [0.2, 0.25) is 0 Å². The van der Waals surface area contributed by atoms with Crippen LogP contribution in [0.4, 0.5) is 0 Å². The minimum Gasteiger partial charge on any atom is -0.380 e. The molecule has 4 nitrogen and oxygen atoms in total. The minimum atomic E-state index is 0.616. The molecule has 1 atom stereocenters. The summed E-state index contributed by atoms with van der Waals surface area (Å²) in [5.74, 6) is 0. The Balaban J connectivity index is 3.75. The van der Waals surface area contributed by atoms with Crippen LogP contribution in [0, 0.1) is 0 Å². The molecule has 1 N–H and O–H groups in total. The summed E-state index contributed by atoms with van der Waals surface area (Å²) in [6.07, 6.45) is 2.49. The number of rotatable bonds is 14. The van der Waals surface area contributed by atoms with Crippen molar-refractivity contribution >= 4 is 0 Å². The lowest BCUT2D eigenvalue weighted by Gasteiger charge is -2.23. The van der Waals surface area contributed by atoms with Gasteiger partial charge in [-0.05, 0) is 27.2 Å². The lowest BCUT2D eigenvalue weighted by Crippen LogP contribution is -2.39. The molecule has 0 heterocycles. The summed E-state index contributed by atoms with van der Waals surface area (Å²) in [5.41, 5.74) is 0. The maximum atomic E-state index is 5.43. The molecule has 0 aliphatic rings. The van der Waals surface area contributed by atoms with Crippen molar-refractivity contribution in [3.63, 3.8) is 0 Å². The van der Waals surface area contributed by atoms with E-state index in [4.69, 9.17) is 9.47 Å². The van der Waals surface area contributed by atoms with Crippen LogP contribution < -0.4 is 5.32 Å². The first-order chi connectivity index (χ1) is 9.24. The van der Waals surface area contributed by atoms with E-state index in [1.165, 1.54) is 12.8 Å². The fourth-order valence-corrected chi connectivity index (χ4v) is 2.02. The van der Waals surface area contributed by atoms with E-state index in [0.717, 1.165) is 52.6 Å². The van der Waals surface area contributed by atoms with Crippen LogP contribution >= 0.6 is 0 Å². The van der Waals surface area contributed by atoms with Gasteiger partial charge in [0, 0.05) is 45.4 Å². The zero-order valence-electron chi connectivity index (χ0n) is 13.4. The molecule has 0 saturated carbocycles. The first-order valence-corrected chi connectivity index (χ1v) is 7.85. The van der Waals surface area contributed by atoms with Crippen molar-refractivity contribution in [2.24, 2.45) is 0 Å². The highest BCUT2D eigenvalue weighted by Gasteiger charge is 2.06. The van der Waals surface area contributed by atoms with Crippen molar-refractivity contribution in [3.8, 4) is 0 Å². The van der Waals surface area contributed by atoms with E-state index in [9.17, 15) is 0 Å². The second-order valence-electron chi connectivity index (χ2n) is 4.88. The van der Waals surface area contributed by atoms with Crippen LogP contribution in [0.5, 0.6) is 0 Å². The lowest BCUT2D eigenvalue weighted by atomic mass is 10.2. The molecule has 0 amide bonds. The molecule has 0 radical (unpaired) electrons.